The molecule has 36 heavy (non-hydrogen) atoms. The standard InChI is InChI=1S/C16H16ClFO4S.C10H13ClO2/c1-12-9-13(21-8-4-7-17)11-14(10-12)22-23(19,20)16-6-3-2-5-15(16)18;1-8-5-9(12)7-10(6-8)13-4-2-3-11/h2-3,5-6,9-11H,4,7-8H2,1H3;5-7,12H,2-4H2,1H3. The Kier molecular flexibility index (Phi) is 12.1. The van der Waals surface area contributed by atoms with Gasteiger partial charge in [-0.05, 0) is 74.2 Å². The molecular formula is C26H29Cl2FO6S. The van der Waals surface area contributed by atoms with Gasteiger partial charge in [-0.15, -0.1) is 23.2 Å². The van der Waals surface area contributed by atoms with Crippen LogP contribution in [0.1, 0.15) is 24.0 Å². The fraction of sp³-hybridized carbons (Fsp3) is 0.308. The highest BCUT2D eigenvalue weighted by atomic mass is 35.5. The summed E-state index contributed by atoms with van der Waals surface area (Å²) in [7, 11) is -4.25. The van der Waals surface area contributed by atoms with Gasteiger partial charge in [0.05, 0.1) is 13.2 Å². The molecular weight excluding hydrogens is 530 g/mol. The molecule has 10 heteroatoms. The van der Waals surface area contributed by atoms with Crippen molar-refractivity contribution in [2.45, 2.75) is 31.6 Å². The van der Waals surface area contributed by atoms with E-state index in [0.29, 0.717) is 42.9 Å². The molecule has 0 aliphatic heterocycles. The second kappa shape index (κ2) is 14.8. The monoisotopic (exact) mass is 558 g/mol. The van der Waals surface area contributed by atoms with Gasteiger partial charge >= 0.3 is 10.1 Å². The fourth-order valence-corrected chi connectivity index (χ4v) is 4.18. The van der Waals surface area contributed by atoms with Crippen LogP contribution in [0.5, 0.6) is 23.0 Å². The maximum Gasteiger partial charge on any atom is 0.342 e. The van der Waals surface area contributed by atoms with E-state index in [4.69, 9.17) is 36.9 Å². The van der Waals surface area contributed by atoms with Crippen molar-refractivity contribution in [2.75, 3.05) is 25.0 Å². The van der Waals surface area contributed by atoms with Gasteiger partial charge in [0.2, 0.25) is 0 Å². The minimum atomic E-state index is -4.25. The number of benzene rings is 3. The fourth-order valence-electron chi connectivity index (χ4n) is 2.97. The van der Waals surface area contributed by atoms with Gasteiger partial charge in [-0.25, -0.2) is 4.39 Å². The van der Waals surface area contributed by atoms with Crippen molar-refractivity contribution >= 4 is 33.3 Å². The summed E-state index contributed by atoms with van der Waals surface area (Å²) in [5.74, 6) is 1.67. The van der Waals surface area contributed by atoms with E-state index in [9.17, 15) is 17.9 Å². The largest absolute Gasteiger partial charge is 0.508 e. The number of phenols is 1. The molecule has 0 aliphatic carbocycles. The summed E-state index contributed by atoms with van der Waals surface area (Å²) in [6.45, 7) is 4.68. The number of aromatic hydroxyl groups is 1. The van der Waals surface area contributed by atoms with Crippen LogP contribution in [0.15, 0.2) is 65.6 Å². The Morgan fingerprint density at radius 1 is 0.806 bits per heavy atom. The Morgan fingerprint density at radius 2 is 1.33 bits per heavy atom. The third-order valence-corrected chi connectivity index (χ3v) is 6.28. The Labute approximate surface area is 221 Å². The molecule has 0 radical (unpaired) electrons. The Morgan fingerprint density at radius 3 is 1.89 bits per heavy atom. The molecule has 3 aromatic rings. The topological polar surface area (TPSA) is 82.1 Å². The first-order chi connectivity index (χ1) is 17.1. The molecule has 0 amide bonds. The van der Waals surface area contributed by atoms with Crippen molar-refractivity contribution in [2.24, 2.45) is 0 Å². The van der Waals surface area contributed by atoms with Crippen molar-refractivity contribution < 1.29 is 31.6 Å². The lowest BCUT2D eigenvalue weighted by Crippen LogP contribution is -2.11. The van der Waals surface area contributed by atoms with Crippen LogP contribution >= 0.6 is 23.2 Å². The van der Waals surface area contributed by atoms with Gasteiger partial charge in [0, 0.05) is 23.9 Å². The van der Waals surface area contributed by atoms with E-state index in [1.165, 1.54) is 24.3 Å². The van der Waals surface area contributed by atoms with Gasteiger partial charge in [-0.2, -0.15) is 8.42 Å². The van der Waals surface area contributed by atoms with Crippen LogP contribution in [0.25, 0.3) is 0 Å². The first-order valence-electron chi connectivity index (χ1n) is 11.1. The van der Waals surface area contributed by atoms with E-state index in [1.54, 1.807) is 25.1 Å². The number of ether oxygens (including phenoxy) is 2. The normalized spacial score (nSPS) is 10.8. The van der Waals surface area contributed by atoms with Crippen molar-refractivity contribution in [1.29, 1.82) is 0 Å². The third kappa shape index (κ3) is 10.1. The van der Waals surface area contributed by atoms with E-state index in [1.807, 2.05) is 13.0 Å². The molecule has 1 N–H and O–H groups in total. The number of rotatable bonds is 11. The summed E-state index contributed by atoms with van der Waals surface area (Å²) < 4.78 is 53.9. The lowest BCUT2D eigenvalue weighted by atomic mass is 10.2. The molecule has 0 saturated heterocycles. The summed E-state index contributed by atoms with van der Waals surface area (Å²) >= 11 is 11.1. The number of hydrogen-bond acceptors (Lipinski definition) is 6. The molecule has 196 valence electrons. The van der Waals surface area contributed by atoms with E-state index in [0.717, 1.165) is 29.7 Å². The zero-order valence-electron chi connectivity index (χ0n) is 20.0. The minimum Gasteiger partial charge on any atom is -0.508 e. The lowest BCUT2D eigenvalue weighted by Gasteiger charge is -2.11. The van der Waals surface area contributed by atoms with Gasteiger partial charge in [0.1, 0.15) is 33.7 Å². The average molecular weight is 559 g/mol. The summed E-state index contributed by atoms with van der Waals surface area (Å²) in [5, 5.41) is 9.24. The van der Waals surface area contributed by atoms with Gasteiger partial charge in [-0.1, -0.05) is 12.1 Å². The van der Waals surface area contributed by atoms with Crippen molar-refractivity contribution in [3.63, 3.8) is 0 Å². The second-order valence-electron chi connectivity index (χ2n) is 7.74. The predicted octanol–water partition coefficient (Wildman–Crippen LogP) is 6.62. The van der Waals surface area contributed by atoms with Crippen LogP contribution in [-0.4, -0.2) is 38.5 Å². The second-order valence-corrected chi connectivity index (χ2v) is 10.0. The molecule has 0 fully saturated rings. The highest BCUT2D eigenvalue weighted by Crippen LogP contribution is 2.26. The number of phenolic OH excluding ortho intramolecular Hbond substituents is 1. The highest BCUT2D eigenvalue weighted by molar-refractivity contribution is 7.87. The Hall–Kier alpha value is -2.68. The molecule has 0 atom stereocenters. The van der Waals surface area contributed by atoms with Crippen LogP contribution in [0.3, 0.4) is 0 Å². The zero-order chi connectivity index (χ0) is 26.6. The van der Waals surface area contributed by atoms with E-state index in [-0.39, 0.29) is 11.5 Å². The van der Waals surface area contributed by atoms with Crippen LogP contribution in [-0.2, 0) is 10.1 Å². The molecule has 3 aromatic carbocycles. The maximum atomic E-state index is 13.7. The summed E-state index contributed by atoms with van der Waals surface area (Å²) in [4.78, 5) is -0.508. The summed E-state index contributed by atoms with van der Waals surface area (Å²) in [6.07, 6.45) is 1.48. The summed E-state index contributed by atoms with van der Waals surface area (Å²) in [6, 6.07) is 14.9. The maximum absolute atomic E-state index is 13.7. The zero-order valence-corrected chi connectivity index (χ0v) is 22.4. The highest BCUT2D eigenvalue weighted by Gasteiger charge is 2.21. The number of aryl methyl sites for hydroxylation is 2. The summed E-state index contributed by atoms with van der Waals surface area (Å²) in [5.41, 5.74) is 1.74. The van der Waals surface area contributed by atoms with Crippen LogP contribution in [0, 0.1) is 19.7 Å². The molecule has 0 unspecified atom stereocenters. The van der Waals surface area contributed by atoms with E-state index >= 15 is 0 Å². The van der Waals surface area contributed by atoms with Crippen LogP contribution < -0.4 is 13.7 Å². The van der Waals surface area contributed by atoms with Gasteiger partial charge in [0.15, 0.2) is 0 Å². The third-order valence-electron chi connectivity index (χ3n) is 4.47. The minimum absolute atomic E-state index is 0.0640. The smallest absolute Gasteiger partial charge is 0.342 e. The predicted molar refractivity (Wildman–Crippen MR) is 140 cm³/mol. The number of hydrogen-bond donors (Lipinski definition) is 1. The van der Waals surface area contributed by atoms with Gasteiger partial charge in [0.25, 0.3) is 0 Å². The Bertz CT molecular complexity index is 1200. The molecule has 0 spiro atoms. The van der Waals surface area contributed by atoms with Crippen LogP contribution in [0.2, 0.25) is 0 Å². The van der Waals surface area contributed by atoms with Gasteiger partial charge in [-0.3, -0.25) is 0 Å². The number of alkyl halides is 2. The Balaban J connectivity index is 0.000000297. The molecule has 0 aromatic heterocycles. The van der Waals surface area contributed by atoms with E-state index in [2.05, 4.69) is 0 Å². The SMILES string of the molecule is Cc1cc(O)cc(OCCCCl)c1.Cc1cc(OCCCCl)cc(OS(=O)(=O)c2ccccc2F)c1. The molecule has 3 rings (SSSR count). The van der Waals surface area contributed by atoms with Gasteiger partial charge < -0.3 is 18.8 Å². The molecule has 0 aliphatic rings. The molecule has 6 nitrogen and oxygen atoms in total. The lowest BCUT2D eigenvalue weighted by molar-refractivity contribution is 0.316. The van der Waals surface area contributed by atoms with Crippen molar-refractivity contribution in [3.05, 3.63) is 77.6 Å². The van der Waals surface area contributed by atoms with Crippen molar-refractivity contribution in [3.8, 4) is 23.0 Å². The average Bonchev–Trinajstić information content (AvgIpc) is 2.79. The quantitative estimate of drug-likeness (QED) is 0.162. The first kappa shape index (κ1) is 29.5. The van der Waals surface area contributed by atoms with E-state index < -0.39 is 20.8 Å². The van der Waals surface area contributed by atoms with Crippen molar-refractivity contribution in [1.82, 2.24) is 0 Å². The molecule has 0 bridgehead atoms. The molecule has 0 heterocycles. The molecule has 0 saturated carbocycles. The number of halogens is 3. The first-order valence-corrected chi connectivity index (χ1v) is 13.6. The van der Waals surface area contributed by atoms with Crippen LogP contribution in [0.4, 0.5) is 4.39 Å².